The molecule has 1 fully saturated rings. The van der Waals surface area contributed by atoms with E-state index in [2.05, 4.69) is 0 Å². The van der Waals surface area contributed by atoms with Gasteiger partial charge in [0, 0.05) is 12.8 Å². The SMILES string of the molecule is COC(=O)C(Cc1ccccc1)=C1CCCO1. The maximum atomic E-state index is 11.7. The minimum atomic E-state index is -0.286. The van der Waals surface area contributed by atoms with Gasteiger partial charge in [-0.15, -0.1) is 0 Å². The van der Waals surface area contributed by atoms with E-state index in [-0.39, 0.29) is 5.97 Å². The molecule has 1 heterocycles. The number of allylic oxidation sites excluding steroid dienone is 1. The monoisotopic (exact) mass is 232 g/mol. The highest BCUT2D eigenvalue weighted by atomic mass is 16.5. The summed E-state index contributed by atoms with van der Waals surface area (Å²) in [5, 5.41) is 0. The van der Waals surface area contributed by atoms with Crippen molar-refractivity contribution in [2.45, 2.75) is 19.3 Å². The highest BCUT2D eigenvalue weighted by molar-refractivity contribution is 5.89. The largest absolute Gasteiger partial charge is 0.497 e. The Balaban J connectivity index is 2.23. The van der Waals surface area contributed by atoms with E-state index in [9.17, 15) is 4.79 Å². The molecule has 0 amide bonds. The van der Waals surface area contributed by atoms with Gasteiger partial charge in [-0.2, -0.15) is 0 Å². The summed E-state index contributed by atoms with van der Waals surface area (Å²) in [6, 6.07) is 9.88. The lowest BCUT2D eigenvalue weighted by molar-refractivity contribution is -0.136. The second-order valence-corrected chi connectivity index (χ2v) is 4.01. The Morgan fingerprint density at radius 3 is 2.71 bits per heavy atom. The van der Waals surface area contributed by atoms with Crippen molar-refractivity contribution in [1.29, 1.82) is 0 Å². The number of carbonyl (C=O) groups excluding carboxylic acids is 1. The molecule has 0 radical (unpaired) electrons. The Morgan fingerprint density at radius 1 is 1.35 bits per heavy atom. The number of ether oxygens (including phenoxy) is 2. The highest BCUT2D eigenvalue weighted by Gasteiger charge is 2.20. The third kappa shape index (κ3) is 2.87. The van der Waals surface area contributed by atoms with Crippen LogP contribution in [-0.4, -0.2) is 19.7 Å². The molecule has 1 aliphatic rings. The minimum absolute atomic E-state index is 0.286. The first kappa shape index (κ1) is 11.7. The van der Waals surface area contributed by atoms with Gasteiger partial charge in [-0.25, -0.2) is 4.79 Å². The smallest absolute Gasteiger partial charge is 0.337 e. The average molecular weight is 232 g/mol. The topological polar surface area (TPSA) is 35.5 Å². The van der Waals surface area contributed by atoms with Crippen molar-refractivity contribution >= 4 is 5.97 Å². The zero-order valence-corrected chi connectivity index (χ0v) is 9.94. The summed E-state index contributed by atoms with van der Waals surface area (Å²) in [5.74, 6) is 0.506. The Labute approximate surface area is 101 Å². The number of benzene rings is 1. The zero-order valence-electron chi connectivity index (χ0n) is 9.94. The van der Waals surface area contributed by atoms with Gasteiger partial charge in [0.2, 0.25) is 0 Å². The summed E-state index contributed by atoms with van der Waals surface area (Å²) in [6.45, 7) is 0.699. The van der Waals surface area contributed by atoms with Crippen molar-refractivity contribution in [3.05, 3.63) is 47.2 Å². The van der Waals surface area contributed by atoms with Crippen molar-refractivity contribution in [1.82, 2.24) is 0 Å². The van der Waals surface area contributed by atoms with Crippen LogP contribution in [-0.2, 0) is 20.7 Å². The van der Waals surface area contributed by atoms with E-state index in [1.165, 1.54) is 7.11 Å². The summed E-state index contributed by atoms with van der Waals surface area (Å²) < 4.78 is 10.3. The van der Waals surface area contributed by atoms with Crippen LogP contribution >= 0.6 is 0 Å². The van der Waals surface area contributed by atoms with Crippen molar-refractivity contribution < 1.29 is 14.3 Å². The van der Waals surface area contributed by atoms with Crippen LogP contribution in [0.25, 0.3) is 0 Å². The second kappa shape index (κ2) is 5.53. The maximum Gasteiger partial charge on any atom is 0.337 e. The van der Waals surface area contributed by atoms with Crippen molar-refractivity contribution in [3.63, 3.8) is 0 Å². The lowest BCUT2D eigenvalue weighted by Crippen LogP contribution is -2.10. The molecule has 3 heteroatoms. The van der Waals surface area contributed by atoms with E-state index in [4.69, 9.17) is 9.47 Å². The molecule has 1 aromatic carbocycles. The Hall–Kier alpha value is -1.77. The number of hydrogen-bond acceptors (Lipinski definition) is 3. The maximum absolute atomic E-state index is 11.7. The molecule has 0 aliphatic carbocycles. The fourth-order valence-electron chi connectivity index (χ4n) is 1.95. The van der Waals surface area contributed by atoms with E-state index in [0.29, 0.717) is 18.6 Å². The van der Waals surface area contributed by atoms with Crippen molar-refractivity contribution in [2.75, 3.05) is 13.7 Å². The molecule has 3 nitrogen and oxygen atoms in total. The fourth-order valence-corrected chi connectivity index (χ4v) is 1.95. The first-order chi connectivity index (χ1) is 8.31. The summed E-state index contributed by atoms with van der Waals surface area (Å²) in [6.07, 6.45) is 2.38. The predicted molar refractivity (Wildman–Crippen MR) is 64.4 cm³/mol. The third-order valence-electron chi connectivity index (χ3n) is 2.82. The summed E-state index contributed by atoms with van der Waals surface area (Å²) in [5.41, 5.74) is 1.74. The van der Waals surface area contributed by atoms with Crippen LogP contribution in [0, 0.1) is 0 Å². The molecule has 2 rings (SSSR count). The molecular weight excluding hydrogens is 216 g/mol. The quantitative estimate of drug-likeness (QED) is 0.593. The van der Waals surface area contributed by atoms with Crippen LogP contribution in [0.5, 0.6) is 0 Å². The molecule has 0 unspecified atom stereocenters. The molecular formula is C14H16O3. The van der Waals surface area contributed by atoms with Crippen LogP contribution in [0.15, 0.2) is 41.7 Å². The van der Waals surface area contributed by atoms with Crippen LogP contribution in [0.3, 0.4) is 0 Å². The summed E-state index contributed by atoms with van der Waals surface area (Å²) >= 11 is 0. The number of methoxy groups -OCH3 is 1. The Bertz CT molecular complexity index is 412. The van der Waals surface area contributed by atoms with Gasteiger partial charge in [-0.3, -0.25) is 0 Å². The van der Waals surface area contributed by atoms with Gasteiger partial charge in [0.25, 0.3) is 0 Å². The highest BCUT2D eigenvalue weighted by Crippen LogP contribution is 2.23. The Morgan fingerprint density at radius 2 is 2.12 bits per heavy atom. The van der Waals surface area contributed by atoms with E-state index in [1.54, 1.807) is 0 Å². The predicted octanol–water partition coefficient (Wildman–Crippen LogP) is 2.47. The van der Waals surface area contributed by atoms with Gasteiger partial charge in [0.15, 0.2) is 0 Å². The zero-order chi connectivity index (χ0) is 12.1. The van der Waals surface area contributed by atoms with Crippen molar-refractivity contribution in [3.8, 4) is 0 Å². The number of rotatable bonds is 3. The summed E-state index contributed by atoms with van der Waals surface area (Å²) in [4.78, 5) is 11.7. The van der Waals surface area contributed by atoms with Gasteiger partial charge < -0.3 is 9.47 Å². The molecule has 0 atom stereocenters. The summed E-state index contributed by atoms with van der Waals surface area (Å²) in [7, 11) is 1.41. The number of carbonyl (C=O) groups is 1. The van der Waals surface area contributed by atoms with Crippen LogP contribution < -0.4 is 0 Å². The van der Waals surface area contributed by atoms with E-state index in [1.807, 2.05) is 30.3 Å². The van der Waals surface area contributed by atoms with E-state index < -0.39 is 0 Å². The minimum Gasteiger partial charge on any atom is -0.497 e. The number of esters is 1. The van der Waals surface area contributed by atoms with E-state index in [0.717, 1.165) is 24.2 Å². The van der Waals surface area contributed by atoms with Gasteiger partial charge in [-0.05, 0) is 12.0 Å². The average Bonchev–Trinajstić information content (AvgIpc) is 2.90. The van der Waals surface area contributed by atoms with Crippen LogP contribution in [0.4, 0.5) is 0 Å². The first-order valence-corrected chi connectivity index (χ1v) is 5.78. The van der Waals surface area contributed by atoms with E-state index >= 15 is 0 Å². The van der Waals surface area contributed by atoms with Crippen LogP contribution in [0.1, 0.15) is 18.4 Å². The standard InChI is InChI=1S/C14H16O3/c1-16-14(15)12(13-8-5-9-17-13)10-11-6-3-2-4-7-11/h2-4,6-7H,5,8-10H2,1H3. The molecule has 1 aliphatic heterocycles. The molecule has 0 aromatic heterocycles. The molecule has 90 valence electrons. The molecule has 0 spiro atoms. The molecule has 1 aromatic rings. The fraction of sp³-hybridized carbons (Fsp3) is 0.357. The number of hydrogen-bond donors (Lipinski definition) is 0. The van der Waals surface area contributed by atoms with Crippen molar-refractivity contribution in [2.24, 2.45) is 0 Å². The normalized spacial score (nSPS) is 17.5. The van der Waals surface area contributed by atoms with Crippen LogP contribution in [0.2, 0.25) is 0 Å². The van der Waals surface area contributed by atoms with Gasteiger partial charge in [-0.1, -0.05) is 30.3 Å². The molecule has 1 saturated heterocycles. The molecule has 17 heavy (non-hydrogen) atoms. The molecule has 0 bridgehead atoms. The lowest BCUT2D eigenvalue weighted by atomic mass is 10.0. The Kier molecular flexibility index (Phi) is 3.81. The molecule has 0 saturated carbocycles. The van der Waals surface area contributed by atoms with Gasteiger partial charge in [0.05, 0.1) is 19.3 Å². The third-order valence-corrected chi connectivity index (χ3v) is 2.82. The molecule has 0 N–H and O–H groups in total. The van der Waals surface area contributed by atoms with Gasteiger partial charge >= 0.3 is 5.97 Å². The second-order valence-electron chi connectivity index (χ2n) is 4.01. The lowest BCUT2D eigenvalue weighted by Gasteiger charge is -2.09. The first-order valence-electron chi connectivity index (χ1n) is 5.78. The van der Waals surface area contributed by atoms with Gasteiger partial charge in [0.1, 0.15) is 5.76 Å².